The van der Waals surface area contributed by atoms with Crippen molar-refractivity contribution in [3.05, 3.63) is 71.4 Å². The zero-order valence-electron chi connectivity index (χ0n) is 17.4. The topological polar surface area (TPSA) is 107 Å². The summed E-state index contributed by atoms with van der Waals surface area (Å²) in [5, 5.41) is 18.5. The number of thioether (sulfide) groups is 1. The van der Waals surface area contributed by atoms with E-state index in [-0.39, 0.29) is 22.8 Å². The number of rotatable bonds is 9. The van der Waals surface area contributed by atoms with Gasteiger partial charge in [-0.25, -0.2) is 0 Å². The van der Waals surface area contributed by atoms with Gasteiger partial charge >= 0.3 is 0 Å². The first-order valence-corrected chi connectivity index (χ1v) is 10.7. The number of hydrogen-bond donors (Lipinski definition) is 1. The predicted molar refractivity (Wildman–Crippen MR) is 120 cm³/mol. The summed E-state index contributed by atoms with van der Waals surface area (Å²) >= 11 is 1.25. The van der Waals surface area contributed by atoms with Crippen LogP contribution in [0.1, 0.15) is 12.5 Å². The Hall–Kier alpha value is -3.57. The number of methoxy groups -OCH3 is 1. The van der Waals surface area contributed by atoms with Crippen LogP contribution in [0.25, 0.3) is 11.4 Å². The Labute approximate surface area is 185 Å². The lowest BCUT2D eigenvalue weighted by atomic mass is 10.1. The summed E-state index contributed by atoms with van der Waals surface area (Å²) in [6.07, 6.45) is 0.787. The first-order chi connectivity index (χ1) is 15.0. The maximum absolute atomic E-state index is 12.4. The highest BCUT2D eigenvalue weighted by Crippen LogP contribution is 2.26. The average molecular weight is 434 g/mol. The van der Waals surface area contributed by atoms with E-state index in [2.05, 4.69) is 22.3 Å². The lowest BCUT2D eigenvalue weighted by Crippen LogP contribution is -2.11. The molecule has 0 saturated carbocycles. The summed E-state index contributed by atoms with van der Waals surface area (Å²) in [7, 11) is 1.62. The van der Waals surface area contributed by atoms with Crippen LogP contribution in [0.2, 0.25) is 0 Å². The summed E-state index contributed by atoms with van der Waals surface area (Å²) in [5.41, 5.74) is 7.94. The molecule has 0 saturated heterocycles. The minimum absolute atomic E-state index is 0.0155. The molecule has 0 aliphatic carbocycles. The van der Waals surface area contributed by atoms with Crippen LogP contribution in [-0.4, -0.2) is 33.4 Å². The van der Waals surface area contributed by atoms with Crippen LogP contribution in [0, 0.1) is 11.3 Å². The number of allylic oxidation sites excluding steroid dienone is 2. The molecule has 31 heavy (non-hydrogen) atoms. The Bertz CT molecular complexity index is 1110. The van der Waals surface area contributed by atoms with Gasteiger partial charge in [-0.05, 0) is 43.2 Å². The molecule has 7 nitrogen and oxygen atoms in total. The Balaban J connectivity index is 1.87. The second kappa shape index (κ2) is 10.5. The van der Waals surface area contributed by atoms with E-state index in [4.69, 9.17) is 15.7 Å². The minimum Gasteiger partial charge on any atom is -0.497 e. The molecule has 158 valence electrons. The highest BCUT2D eigenvalue weighted by Gasteiger charge is 2.18. The van der Waals surface area contributed by atoms with Gasteiger partial charge in [0, 0.05) is 17.8 Å². The molecule has 8 heteroatoms. The number of Topliss-reactive ketones (excluding diaryl/α,β-unsaturated/α-hetero) is 1. The van der Waals surface area contributed by atoms with Gasteiger partial charge in [0.1, 0.15) is 17.4 Å². The SMILES string of the molecule is COc1ccc(-c2nnc(SCC(=O)/C(C#N)=C(\C)N)n2CCc2ccccc2)cc1. The number of benzene rings is 2. The van der Waals surface area contributed by atoms with E-state index in [0.29, 0.717) is 17.5 Å². The summed E-state index contributed by atoms with van der Waals surface area (Å²) in [4.78, 5) is 12.4. The van der Waals surface area contributed by atoms with Crippen LogP contribution >= 0.6 is 11.8 Å². The number of ether oxygens (including phenoxy) is 1. The number of aromatic nitrogens is 3. The van der Waals surface area contributed by atoms with Gasteiger partial charge in [-0.15, -0.1) is 10.2 Å². The Morgan fingerprint density at radius 2 is 1.87 bits per heavy atom. The fourth-order valence-electron chi connectivity index (χ4n) is 3.01. The smallest absolute Gasteiger partial charge is 0.191 e. The van der Waals surface area contributed by atoms with Gasteiger partial charge in [-0.1, -0.05) is 42.1 Å². The molecule has 0 spiro atoms. The number of carbonyl (C=O) groups is 1. The first-order valence-electron chi connectivity index (χ1n) is 9.67. The predicted octanol–water partition coefficient (Wildman–Crippen LogP) is 3.61. The fraction of sp³-hybridized carbons (Fsp3) is 0.217. The number of hydrogen-bond acceptors (Lipinski definition) is 7. The number of nitrogens with two attached hydrogens (primary N) is 1. The zero-order valence-corrected chi connectivity index (χ0v) is 18.2. The second-order valence-electron chi connectivity index (χ2n) is 6.80. The molecule has 1 heterocycles. The van der Waals surface area contributed by atoms with Crippen molar-refractivity contribution >= 4 is 17.5 Å². The molecule has 0 fully saturated rings. The molecule has 3 rings (SSSR count). The van der Waals surface area contributed by atoms with Crippen LogP contribution in [-0.2, 0) is 17.8 Å². The molecule has 2 N–H and O–H groups in total. The van der Waals surface area contributed by atoms with Gasteiger partial charge in [-0.3, -0.25) is 4.79 Å². The number of ketones is 1. The van der Waals surface area contributed by atoms with Crippen LogP contribution in [0.5, 0.6) is 5.75 Å². The van der Waals surface area contributed by atoms with Gasteiger partial charge in [0.2, 0.25) is 0 Å². The standard InChI is InChI=1S/C23H23N5O2S/c1-16(25)20(14-24)21(29)15-31-23-27-26-22(18-8-10-19(30-2)11-9-18)28(23)13-12-17-6-4-3-5-7-17/h3-11H,12-13,15,25H2,1-2H3/b20-16+. The van der Waals surface area contributed by atoms with Gasteiger partial charge in [0.25, 0.3) is 0 Å². The molecule has 0 unspecified atom stereocenters. The van der Waals surface area contributed by atoms with Crippen molar-refractivity contribution in [1.82, 2.24) is 14.8 Å². The molecule has 1 aromatic heterocycles. The molecule has 0 aliphatic heterocycles. The lowest BCUT2D eigenvalue weighted by Gasteiger charge is -2.11. The second-order valence-corrected chi connectivity index (χ2v) is 7.75. The molecule has 2 aromatic carbocycles. The zero-order chi connectivity index (χ0) is 22.2. The lowest BCUT2D eigenvalue weighted by molar-refractivity contribution is -0.112. The van der Waals surface area contributed by atoms with Crippen molar-refractivity contribution < 1.29 is 9.53 Å². The van der Waals surface area contributed by atoms with Gasteiger partial charge in [0.15, 0.2) is 16.8 Å². The van der Waals surface area contributed by atoms with E-state index < -0.39 is 0 Å². The maximum atomic E-state index is 12.4. The van der Waals surface area contributed by atoms with Gasteiger partial charge in [-0.2, -0.15) is 5.26 Å². The summed E-state index contributed by atoms with van der Waals surface area (Å²) in [5.74, 6) is 1.20. The summed E-state index contributed by atoms with van der Waals surface area (Å²) in [6, 6.07) is 19.6. The summed E-state index contributed by atoms with van der Waals surface area (Å²) < 4.78 is 7.24. The largest absolute Gasteiger partial charge is 0.497 e. The number of nitriles is 1. The summed E-state index contributed by atoms with van der Waals surface area (Å²) in [6.45, 7) is 2.19. The minimum atomic E-state index is -0.323. The third-order valence-electron chi connectivity index (χ3n) is 4.65. The highest BCUT2D eigenvalue weighted by atomic mass is 32.2. The van der Waals surface area contributed by atoms with Gasteiger partial charge in [0.05, 0.1) is 12.9 Å². The Kier molecular flexibility index (Phi) is 7.46. The van der Waals surface area contributed by atoms with Crippen LogP contribution < -0.4 is 10.5 Å². The molecule has 0 aliphatic rings. The molecule has 0 atom stereocenters. The molecule has 0 radical (unpaired) electrons. The molecular weight excluding hydrogens is 410 g/mol. The first kappa shape index (κ1) is 22.1. The van der Waals surface area contributed by atoms with E-state index in [1.54, 1.807) is 14.0 Å². The monoisotopic (exact) mass is 433 g/mol. The fourth-order valence-corrected chi connectivity index (χ4v) is 3.85. The third kappa shape index (κ3) is 5.53. The van der Waals surface area contributed by atoms with Crippen molar-refractivity contribution in [2.24, 2.45) is 5.73 Å². The van der Waals surface area contributed by atoms with Gasteiger partial charge < -0.3 is 15.0 Å². The molecule has 3 aromatic rings. The molecule has 0 amide bonds. The highest BCUT2D eigenvalue weighted by molar-refractivity contribution is 7.99. The van der Waals surface area contributed by atoms with Crippen LogP contribution in [0.4, 0.5) is 0 Å². The number of carbonyl (C=O) groups excluding carboxylic acids is 1. The molecule has 0 bridgehead atoms. The third-order valence-corrected chi connectivity index (χ3v) is 5.62. The number of aryl methyl sites for hydroxylation is 1. The van der Waals surface area contributed by atoms with E-state index in [0.717, 1.165) is 17.7 Å². The van der Waals surface area contributed by atoms with E-state index in [9.17, 15) is 4.79 Å². The van der Waals surface area contributed by atoms with Crippen LogP contribution in [0.3, 0.4) is 0 Å². The van der Waals surface area contributed by atoms with Crippen molar-refractivity contribution in [2.75, 3.05) is 12.9 Å². The van der Waals surface area contributed by atoms with E-state index >= 15 is 0 Å². The van der Waals surface area contributed by atoms with Crippen molar-refractivity contribution in [3.63, 3.8) is 0 Å². The molecular formula is C23H23N5O2S. The van der Waals surface area contributed by atoms with Crippen molar-refractivity contribution in [2.45, 2.75) is 25.0 Å². The van der Waals surface area contributed by atoms with Crippen molar-refractivity contribution in [1.29, 1.82) is 5.26 Å². The van der Waals surface area contributed by atoms with Crippen LogP contribution in [0.15, 0.2) is 71.0 Å². The quantitative estimate of drug-likeness (QED) is 0.312. The number of nitrogens with zero attached hydrogens (tertiary/aromatic N) is 4. The van der Waals surface area contributed by atoms with Crippen molar-refractivity contribution in [3.8, 4) is 23.2 Å². The van der Waals surface area contributed by atoms with E-state index in [1.807, 2.05) is 53.1 Å². The van der Waals surface area contributed by atoms with E-state index in [1.165, 1.54) is 17.3 Å². The normalized spacial score (nSPS) is 11.5. The Morgan fingerprint density at radius 1 is 1.16 bits per heavy atom. The Morgan fingerprint density at radius 3 is 2.48 bits per heavy atom. The average Bonchev–Trinajstić information content (AvgIpc) is 3.20. The maximum Gasteiger partial charge on any atom is 0.191 e.